The van der Waals surface area contributed by atoms with Crippen LogP contribution in [0.25, 0.3) is 5.69 Å². The number of sulfonamides is 1. The summed E-state index contributed by atoms with van der Waals surface area (Å²) in [5.74, 6) is 2.91. The Balaban J connectivity index is 1.65. The van der Waals surface area contributed by atoms with Gasteiger partial charge in [0.15, 0.2) is 5.82 Å². The third kappa shape index (κ3) is 3.67. The molecular weight excluding hydrogens is 360 g/mol. The molecule has 2 aromatic rings. The molecule has 6 nitrogen and oxygen atoms in total. The summed E-state index contributed by atoms with van der Waals surface area (Å²) in [5.41, 5.74) is 1.51. The van der Waals surface area contributed by atoms with Gasteiger partial charge in [0.25, 0.3) is 0 Å². The minimum absolute atomic E-state index is 0.109. The van der Waals surface area contributed by atoms with Crippen LogP contribution >= 0.6 is 0 Å². The number of benzene rings is 1. The number of aromatic nitrogens is 3. The number of primary sulfonamides is 1. The van der Waals surface area contributed by atoms with Crippen molar-refractivity contribution in [2.45, 2.75) is 64.2 Å². The second-order valence-corrected chi connectivity index (χ2v) is 11.3. The highest BCUT2D eigenvalue weighted by molar-refractivity contribution is 7.89. The number of hydrogen-bond donors (Lipinski definition) is 1. The van der Waals surface area contributed by atoms with E-state index in [2.05, 4.69) is 27.7 Å². The molecule has 0 aliphatic heterocycles. The number of nitrogens with zero attached hydrogens (tertiary/aromatic N) is 3. The van der Waals surface area contributed by atoms with Crippen LogP contribution in [0.15, 0.2) is 29.2 Å². The summed E-state index contributed by atoms with van der Waals surface area (Å²) < 4.78 is 24.9. The van der Waals surface area contributed by atoms with E-state index >= 15 is 0 Å². The van der Waals surface area contributed by atoms with Gasteiger partial charge >= 0.3 is 0 Å². The van der Waals surface area contributed by atoms with Crippen LogP contribution in [0.3, 0.4) is 0 Å². The average Bonchev–Trinajstić information content (AvgIpc) is 2.98. The largest absolute Gasteiger partial charge is 0.238 e. The van der Waals surface area contributed by atoms with Gasteiger partial charge in [0, 0.05) is 12.3 Å². The van der Waals surface area contributed by atoms with Crippen LogP contribution in [0.4, 0.5) is 0 Å². The van der Waals surface area contributed by atoms with E-state index in [0.717, 1.165) is 30.2 Å². The minimum atomic E-state index is -3.70. The molecule has 2 N–H and O–H groups in total. The first-order valence-corrected chi connectivity index (χ1v) is 11.1. The molecule has 27 heavy (non-hydrogen) atoms. The van der Waals surface area contributed by atoms with Crippen LogP contribution in [0, 0.1) is 16.7 Å². The van der Waals surface area contributed by atoms with Gasteiger partial charge < -0.3 is 0 Å². The Kier molecular flexibility index (Phi) is 4.06. The smallest absolute Gasteiger partial charge is 0.225 e. The van der Waals surface area contributed by atoms with Crippen molar-refractivity contribution in [2.75, 3.05) is 0 Å². The first-order valence-electron chi connectivity index (χ1n) is 9.54. The van der Waals surface area contributed by atoms with Crippen molar-refractivity contribution >= 4 is 10.0 Å². The Hall–Kier alpha value is -1.73. The second kappa shape index (κ2) is 5.88. The van der Waals surface area contributed by atoms with Crippen molar-refractivity contribution in [3.63, 3.8) is 0 Å². The molecule has 7 heteroatoms. The van der Waals surface area contributed by atoms with Crippen molar-refractivity contribution in [3.05, 3.63) is 35.9 Å². The summed E-state index contributed by atoms with van der Waals surface area (Å²) in [5, 5.41) is 10.0. The highest BCUT2D eigenvalue weighted by Gasteiger charge is 2.49. The summed E-state index contributed by atoms with van der Waals surface area (Å²) in [4.78, 5) is 5.00. The maximum absolute atomic E-state index is 11.5. The van der Waals surface area contributed by atoms with Crippen molar-refractivity contribution < 1.29 is 8.42 Å². The highest BCUT2D eigenvalue weighted by atomic mass is 32.2. The van der Waals surface area contributed by atoms with Gasteiger partial charge in [-0.1, -0.05) is 27.7 Å². The van der Waals surface area contributed by atoms with Crippen LogP contribution < -0.4 is 5.14 Å². The van der Waals surface area contributed by atoms with Gasteiger partial charge in [0.2, 0.25) is 10.0 Å². The Morgan fingerprint density at radius 2 is 1.70 bits per heavy atom. The Labute approximate surface area is 161 Å². The van der Waals surface area contributed by atoms with Gasteiger partial charge in [-0.3, -0.25) is 0 Å². The molecule has 1 atom stereocenters. The number of hydrogen-bond acceptors (Lipinski definition) is 4. The molecular formula is C20H28N4O2S. The summed E-state index contributed by atoms with van der Waals surface area (Å²) in [6.45, 7) is 9.09. The molecule has 2 saturated carbocycles. The van der Waals surface area contributed by atoms with Gasteiger partial charge in [0.05, 0.1) is 10.6 Å². The monoisotopic (exact) mass is 388 g/mol. The lowest BCUT2D eigenvalue weighted by atomic mass is 9.63. The first kappa shape index (κ1) is 18.6. The molecule has 2 fully saturated rings. The topological polar surface area (TPSA) is 90.9 Å². The molecule has 1 aromatic carbocycles. The maximum atomic E-state index is 11.5. The summed E-state index contributed by atoms with van der Waals surface area (Å²) in [7, 11) is -3.70. The van der Waals surface area contributed by atoms with Crippen molar-refractivity contribution in [1.29, 1.82) is 0 Å². The Morgan fingerprint density at radius 1 is 1.11 bits per heavy atom. The van der Waals surface area contributed by atoms with Crippen molar-refractivity contribution in [1.82, 2.24) is 14.8 Å². The van der Waals surface area contributed by atoms with E-state index in [0.29, 0.717) is 17.3 Å². The molecule has 0 radical (unpaired) electrons. The standard InChI is InChI=1S/C20H28N4O2S/c1-19(2)10-13(11-19)9-17-22-18(16-12-20(16,3)4)23-24(17)14-5-7-15(8-6-14)27(21,25)26/h5-8,13,16H,9-12H2,1-4H3,(H2,21,25,26). The van der Waals surface area contributed by atoms with E-state index < -0.39 is 10.0 Å². The minimum Gasteiger partial charge on any atom is -0.225 e. The number of nitrogens with two attached hydrogens (primary N) is 1. The van der Waals surface area contributed by atoms with E-state index in [1.165, 1.54) is 25.0 Å². The number of rotatable bonds is 5. The summed E-state index contributed by atoms with van der Waals surface area (Å²) in [6.07, 6.45) is 4.42. The quantitative estimate of drug-likeness (QED) is 0.850. The Bertz CT molecular complexity index is 966. The normalized spacial score (nSPS) is 23.8. The maximum Gasteiger partial charge on any atom is 0.238 e. The predicted octanol–water partition coefficient (Wildman–Crippen LogP) is 3.41. The van der Waals surface area contributed by atoms with Crippen LogP contribution in [0.2, 0.25) is 0 Å². The fraction of sp³-hybridized carbons (Fsp3) is 0.600. The average molecular weight is 389 g/mol. The third-order valence-electron chi connectivity index (χ3n) is 6.08. The zero-order chi connectivity index (χ0) is 19.6. The van der Waals surface area contributed by atoms with Gasteiger partial charge in [-0.25, -0.2) is 23.2 Å². The van der Waals surface area contributed by atoms with Crippen LogP contribution in [0.5, 0.6) is 0 Å². The highest BCUT2D eigenvalue weighted by Crippen LogP contribution is 2.57. The zero-order valence-corrected chi connectivity index (χ0v) is 17.3. The zero-order valence-electron chi connectivity index (χ0n) is 16.4. The molecule has 1 heterocycles. The lowest BCUT2D eigenvalue weighted by molar-refractivity contribution is 0.0950. The molecule has 0 amide bonds. The molecule has 0 saturated heterocycles. The van der Waals surface area contributed by atoms with Crippen LogP contribution in [0.1, 0.15) is 64.5 Å². The van der Waals surface area contributed by atoms with E-state index in [1.807, 2.05) is 4.68 Å². The van der Waals surface area contributed by atoms with E-state index in [1.54, 1.807) is 12.1 Å². The van der Waals surface area contributed by atoms with E-state index in [-0.39, 0.29) is 10.3 Å². The SMILES string of the molecule is CC1(C)CC(Cc2nc(C3CC3(C)C)nn2-c2ccc(S(N)(=O)=O)cc2)C1. The predicted molar refractivity (Wildman–Crippen MR) is 104 cm³/mol. The fourth-order valence-corrected chi connectivity index (χ4v) is 4.95. The third-order valence-corrected chi connectivity index (χ3v) is 7.01. The van der Waals surface area contributed by atoms with Gasteiger partial charge in [-0.15, -0.1) is 0 Å². The van der Waals surface area contributed by atoms with Crippen molar-refractivity contribution in [2.24, 2.45) is 21.9 Å². The molecule has 0 bridgehead atoms. The van der Waals surface area contributed by atoms with Gasteiger partial charge in [-0.2, -0.15) is 5.10 Å². The molecule has 2 aliphatic carbocycles. The molecule has 1 unspecified atom stereocenters. The Morgan fingerprint density at radius 3 is 2.19 bits per heavy atom. The second-order valence-electron chi connectivity index (χ2n) is 9.72. The van der Waals surface area contributed by atoms with Gasteiger partial charge in [0.1, 0.15) is 5.82 Å². The molecule has 146 valence electrons. The lowest BCUT2D eigenvalue weighted by Crippen LogP contribution is -2.33. The fourth-order valence-electron chi connectivity index (χ4n) is 4.44. The van der Waals surface area contributed by atoms with Crippen LogP contribution in [-0.4, -0.2) is 23.2 Å². The lowest BCUT2D eigenvalue weighted by Gasteiger charge is -2.42. The molecule has 1 aromatic heterocycles. The first-order chi connectivity index (χ1) is 12.4. The molecule has 2 aliphatic rings. The van der Waals surface area contributed by atoms with E-state index in [9.17, 15) is 8.42 Å². The molecule has 0 spiro atoms. The summed E-state index contributed by atoms with van der Waals surface area (Å²) >= 11 is 0. The van der Waals surface area contributed by atoms with E-state index in [4.69, 9.17) is 15.2 Å². The van der Waals surface area contributed by atoms with Crippen LogP contribution in [-0.2, 0) is 16.4 Å². The van der Waals surface area contributed by atoms with Gasteiger partial charge in [-0.05, 0) is 60.3 Å². The summed E-state index contributed by atoms with van der Waals surface area (Å²) in [6, 6.07) is 6.57. The molecule has 4 rings (SSSR count). The van der Waals surface area contributed by atoms with Crippen molar-refractivity contribution in [3.8, 4) is 5.69 Å².